The Kier molecular flexibility index (Phi) is 4.53. The van der Waals surface area contributed by atoms with Crippen molar-refractivity contribution in [3.05, 3.63) is 75.0 Å². The molecule has 1 N–H and O–H groups in total. The molecule has 0 atom stereocenters. The monoisotopic (exact) mass is 352 g/mol. The predicted octanol–water partition coefficient (Wildman–Crippen LogP) is 3.73. The summed E-state index contributed by atoms with van der Waals surface area (Å²) in [5.74, 6) is -1.12. The van der Waals surface area contributed by atoms with Gasteiger partial charge in [0, 0.05) is 33.8 Å². The number of aromatic amines is 1. The first-order chi connectivity index (χ1) is 12.4. The first kappa shape index (κ1) is 17.3. The van der Waals surface area contributed by atoms with Crippen molar-refractivity contribution >= 4 is 28.3 Å². The largest absolute Gasteiger partial charge is 0.454 e. The van der Waals surface area contributed by atoms with Crippen LogP contribution in [-0.2, 0) is 4.74 Å². The van der Waals surface area contributed by atoms with Gasteiger partial charge in [-0.05, 0) is 26.0 Å². The highest BCUT2D eigenvalue weighted by Crippen LogP contribution is 2.23. The van der Waals surface area contributed by atoms with Crippen LogP contribution in [0.4, 0.5) is 5.69 Å². The summed E-state index contributed by atoms with van der Waals surface area (Å²) < 4.78 is 5.07. The number of aryl methyl sites for hydroxylation is 2. The van der Waals surface area contributed by atoms with Crippen LogP contribution in [-0.4, -0.2) is 28.3 Å². The number of Topliss-reactive ketones (excluding diaryl/α,β-unsaturated/α-hetero) is 1. The van der Waals surface area contributed by atoms with E-state index in [1.165, 1.54) is 12.1 Å². The van der Waals surface area contributed by atoms with Crippen molar-refractivity contribution in [3.8, 4) is 0 Å². The van der Waals surface area contributed by atoms with Gasteiger partial charge in [0.25, 0.3) is 5.69 Å². The number of nitrogens with zero attached hydrogens (tertiary/aromatic N) is 1. The molecule has 0 aliphatic heterocycles. The lowest BCUT2D eigenvalue weighted by Gasteiger charge is -2.06. The molecule has 0 aliphatic carbocycles. The van der Waals surface area contributed by atoms with Gasteiger partial charge in [0.05, 0.1) is 10.5 Å². The fraction of sp³-hybridized carbons (Fsp3) is 0.158. The number of ketones is 1. The number of carbonyl (C=O) groups is 2. The van der Waals surface area contributed by atoms with Gasteiger partial charge >= 0.3 is 5.97 Å². The first-order valence-corrected chi connectivity index (χ1v) is 7.91. The van der Waals surface area contributed by atoms with Crippen LogP contribution in [0.2, 0.25) is 0 Å². The Morgan fingerprint density at radius 2 is 1.88 bits per heavy atom. The lowest BCUT2D eigenvalue weighted by Crippen LogP contribution is -2.15. The Morgan fingerprint density at radius 3 is 2.62 bits per heavy atom. The highest BCUT2D eigenvalue weighted by molar-refractivity contribution is 6.10. The van der Waals surface area contributed by atoms with E-state index < -0.39 is 17.5 Å². The number of nitro benzene ring substituents is 1. The summed E-state index contributed by atoms with van der Waals surface area (Å²) in [4.78, 5) is 38.2. The van der Waals surface area contributed by atoms with E-state index in [0.717, 1.165) is 17.0 Å². The summed E-state index contributed by atoms with van der Waals surface area (Å²) in [7, 11) is 0. The molecule has 3 aromatic rings. The standard InChI is InChI=1S/C19H16N2O5/c1-11-7-8-13(9-16(11)21(24)25)19(23)26-10-17(22)18-12(2)20-15-6-4-3-5-14(15)18/h3-9,20H,10H2,1-2H3. The number of hydrogen-bond donors (Lipinski definition) is 1. The molecule has 26 heavy (non-hydrogen) atoms. The molecule has 132 valence electrons. The predicted molar refractivity (Wildman–Crippen MR) is 95.5 cm³/mol. The van der Waals surface area contributed by atoms with Gasteiger partial charge in [0.2, 0.25) is 5.78 Å². The van der Waals surface area contributed by atoms with E-state index in [4.69, 9.17) is 4.74 Å². The van der Waals surface area contributed by atoms with E-state index in [2.05, 4.69) is 4.98 Å². The maximum atomic E-state index is 12.5. The zero-order valence-electron chi connectivity index (χ0n) is 14.2. The average Bonchev–Trinajstić information content (AvgIpc) is 2.95. The molecule has 1 heterocycles. The van der Waals surface area contributed by atoms with Crippen molar-refractivity contribution in [2.45, 2.75) is 13.8 Å². The number of nitrogens with one attached hydrogen (secondary N) is 1. The Hall–Kier alpha value is -3.48. The second kappa shape index (κ2) is 6.79. The number of benzene rings is 2. The topological polar surface area (TPSA) is 102 Å². The van der Waals surface area contributed by atoms with E-state index in [9.17, 15) is 19.7 Å². The van der Waals surface area contributed by atoms with E-state index in [-0.39, 0.29) is 17.0 Å². The van der Waals surface area contributed by atoms with Gasteiger partial charge in [-0.1, -0.05) is 24.3 Å². The molecule has 0 aliphatic rings. The quantitative estimate of drug-likeness (QED) is 0.326. The SMILES string of the molecule is Cc1ccc(C(=O)OCC(=O)c2c(C)[nH]c3ccccc23)cc1[N+](=O)[O-]. The Morgan fingerprint density at radius 1 is 1.15 bits per heavy atom. The number of esters is 1. The second-order valence-electron chi connectivity index (χ2n) is 5.93. The maximum absolute atomic E-state index is 12.5. The van der Waals surface area contributed by atoms with Crippen molar-refractivity contribution in [3.63, 3.8) is 0 Å². The van der Waals surface area contributed by atoms with Gasteiger partial charge in [0.1, 0.15) is 0 Å². The Balaban J connectivity index is 1.77. The molecule has 0 fully saturated rings. The van der Waals surface area contributed by atoms with Crippen LogP contribution in [0.5, 0.6) is 0 Å². The molecule has 0 bridgehead atoms. The zero-order chi connectivity index (χ0) is 18.8. The molecule has 1 aromatic heterocycles. The Labute approximate surface area is 148 Å². The minimum Gasteiger partial charge on any atom is -0.454 e. The number of aromatic nitrogens is 1. The van der Waals surface area contributed by atoms with Gasteiger partial charge in [-0.25, -0.2) is 4.79 Å². The summed E-state index contributed by atoms with van der Waals surface area (Å²) in [6.07, 6.45) is 0. The number of para-hydroxylation sites is 1. The van der Waals surface area contributed by atoms with Crippen LogP contribution in [0, 0.1) is 24.0 Å². The maximum Gasteiger partial charge on any atom is 0.338 e. The molecule has 0 radical (unpaired) electrons. The Bertz CT molecular complexity index is 1040. The van der Waals surface area contributed by atoms with Crippen molar-refractivity contribution in [1.29, 1.82) is 0 Å². The van der Waals surface area contributed by atoms with Crippen LogP contribution in [0.15, 0.2) is 42.5 Å². The highest BCUT2D eigenvalue weighted by Gasteiger charge is 2.20. The van der Waals surface area contributed by atoms with Gasteiger partial charge < -0.3 is 9.72 Å². The third-order valence-corrected chi connectivity index (χ3v) is 4.15. The fourth-order valence-electron chi connectivity index (χ4n) is 2.86. The van der Waals surface area contributed by atoms with Crippen LogP contribution >= 0.6 is 0 Å². The number of fused-ring (bicyclic) bond motifs is 1. The number of nitro groups is 1. The van der Waals surface area contributed by atoms with Crippen LogP contribution in [0.3, 0.4) is 0 Å². The summed E-state index contributed by atoms with van der Waals surface area (Å²) in [6.45, 7) is 2.91. The molecule has 0 spiro atoms. The molecule has 0 saturated carbocycles. The molecule has 7 nitrogen and oxygen atoms in total. The third-order valence-electron chi connectivity index (χ3n) is 4.15. The van der Waals surface area contributed by atoms with Gasteiger partial charge in [-0.2, -0.15) is 0 Å². The molecule has 0 amide bonds. The lowest BCUT2D eigenvalue weighted by molar-refractivity contribution is -0.385. The van der Waals surface area contributed by atoms with Crippen LogP contribution < -0.4 is 0 Å². The zero-order valence-corrected chi connectivity index (χ0v) is 14.2. The van der Waals surface area contributed by atoms with Crippen molar-refractivity contribution in [2.24, 2.45) is 0 Å². The number of ether oxygens (including phenoxy) is 1. The summed E-state index contributed by atoms with van der Waals surface area (Å²) in [6, 6.07) is 11.4. The minimum absolute atomic E-state index is 0.0331. The molecular weight excluding hydrogens is 336 g/mol. The average molecular weight is 352 g/mol. The molecule has 3 rings (SSSR count). The van der Waals surface area contributed by atoms with Crippen molar-refractivity contribution in [1.82, 2.24) is 4.98 Å². The van der Waals surface area contributed by atoms with Crippen molar-refractivity contribution in [2.75, 3.05) is 6.61 Å². The normalized spacial score (nSPS) is 10.7. The third kappa shape index (κ3) is 3.19. The lowest BCUT2D eigenvalue weighted by atomic mass is 10.1. The van der Waals surface area contributed by atoms with E-state index in [0.29, 0.717) is 16.8 Å². The number of rotatable bonds is 5. The van der Waals surface area contributed by atoms with E-state index in [1.807, 2.05) is 24.3 Å². The molecule has 7 heteroatoms. The summed E-state index contributed by atoms with van der Waals surface area (Å²) in [5.41, 5.74) is 2.30. The molecule has 0 saturated heterocycles. The first-order valence-electron chi connectivity index (χ1n) is 7.91. The van der Waals surface area contributed by atoms with Crippen molar-refractivity contribution < 1.29 is 19.2 Å². The molecular formula is C19H16N2O5. The summed E-state index contributed by atoms with van der Waals surface area (Å²) >= 11 is 0. The molecule has 0 unspecified atom stereocenters. The van der Waals surface area contributed by atoms with Gasteiger partial charge in [-0.15, -0.1) is 0 Å². The molecule has 2 aromatic carbocycles. The minimum atomic E-state index is -0.779. The van der Waals surface area contributed by atoms with Crippen LogP contribution in [0.25, 0.3) is 10.9 Å². The fourth-order valence-corrected chi connectivity index (χ4v) is 2.86. The number of H-pyrrole nitrogens is 1. The highest BCUT2D eigenvalue weighted by atomic mass is 16.6. The summed E-state index contributed by atoms with van der Waals surface area (Å²) in [5, 5.41) is 11.7. The second-order valence-corrected chi connectivity index (χ2v) is 5.93. The van der Waals surface area contributed by atoms with E-state index >= 15 is 0 Å². The number of hydrogen-bond acceptors (Lipinski definition) is 5. The van der Waals surface area contributed by atoms with Crippen LogP contribution in [0.1, 0.15) is 32.0 Å². The smallest absolute Gasteiger partial charge is 0.338 e. The number of carbonyl (C=O) groups excluding carboxylic acids is 2. The van der Waals surface area contributed by atoms with Gasteiger partial charge in [0.15, 0.2) is 6.61 Å². The van der Waals surface area contributed by atoms with Gasteiger partial charge in [-0.3, -0.25) is 14.9 Å². The van der Waals surface area contributed by atoms with E-state index in [1.54, 1.807) is 13.8 Å².